The molecule has 2 atom stereocenters. The van der Waals surface area contributed by atoms with Crippen LogP contribution in [0.25, 0.3) is 6.08 Å². The van der Waals surface area contributed by atoms with Gasteiger partial charge < -0.3 is 0 Å². The first-order chi connectivity index (χ1) is 9.65. The van der Waals surface area contributed by atoms with Gasteiger partial charge in [-0.2, -0.15) is 0 Å². The van der Waals surface area contributed by atoms with Crippen LogP contribution in [0.4, 0.5) is 0 Å². The summed E-state index contributed by atoms with van der Waals surface area (Å²) in [4.78, 5) is 0. The van der Waals surface area contributed by atoms with Crippen LogP contribution in [-0.4, -0.2) is 0 Å². The fraction of sp³-hybridized carbons (Fsp3) is 0.300. The van der Waals surface area contributed by atoms with Crippen LogP contribution in [0.5, 0.6) is 0 Å². The summed E-state index contributed by atoms with van der Waals surface area (Å²) in [6.45, 7) is 6.54. The molecule has 0 radical (unpaired) electrons. The van der Waals surface area contributed by atoms with Gasteiger partial charge in [-0.3, -0.25) is 0 Å². The molecule has 0 saturated heterocycles. The standard InChI is InChI=1S/C13H14.C7H8/c1-8-3-4-10-6-9(2)11-7-13(11)12(10)5-8;1-7-5-3-2-4-6-7/h3-6,11,13H,7H2,1-2H3;2-6H,1H3. The fourth-order valence-electron chi connectivity index (χ4n) is 3.08. The first-order valence-corrected chi connectivity index (χ1v) is 7.45. The molecule has 2 aromatic rings. The topological polar surface area (TPSA) is 0 Å². The van der Waals surface area contributed by atoms with Crippen LogP contribution >= 0.6 is 0 Å². The number of benzene rings is 2. The van der Waals surface area contributed by atoms with Crippen molar-refractivity contribution in [3.8, 4) is 0 Å². The highest BCUT2D eigenvalue weighted by molar-refractivity contribution is 5.64. The molecule has 0 aliphatic heterocycles. The Morgan fingerprint density at radius 2 is 1.55 bits per heavy atom. The molecule has 1 fully saturated rings. The van der Waals surface area contributed by atoms with Crippen LogP contribution in [0.1, 0.15) is 41.5 Å². The summed E-state index contributed by atoms with van der Waals surface area (Å²) in [5, 5.41) is 0. The third-order valence-electron chi connectivity index (χ3n) is 4.34. The Hall–Kier alpha value is -1.82. The third kappa shape index (κ3) is 2.70. The van der Waals surface area contributed by atoms with E-state index in [1.165, 1.54) is 23.1 Å². The molecule has 2 aliphatic rings. The molecule has 0 heteroatoms. The van der Waals surface area contributed by atoms with Crippen molar-refractivity contribution < 1.29 is 0 Å². The summed E-state index contributed by atoms with van der Waals surface area (Å²) in [6.07, 6.45) is 3.75. The van der Waals surface area contributed by atoms with Crippen molar-refractivity contribution in [1.29, 1.82) is 0 Å². The van der Waals surface area contributed by atoms with Gasteiger partial charge in [-0.05, 0) is 50.2 Å². The van der Waals surface area contributed by atoms with E-state index >= 15 is 0 Å². The molecule has 0 heterocycles. The summed E-state index contributed by atoms with van der Waals surface area (Å²) in [7, 11) is 0. The molecule has 2 aliphatic carbocycles. The van der Waals surface area contributed by atoms with Gasteiger partial charge >= 0.3 is 0 Å². The lowest BCUT2D eigenvalue weighted by Crippen LogP contribution is -1.96. The van der Waals surface area contributed by atoms with E-state index < -0.39 is 0 Å². The largest absolute Gasteiger partial charge is 0.0690 e. The monoisotopic (exact) mass is 262 g/mol. The molecule has 1 saturated carbocycles. The molecule has 0 spiro atoms. The number of allylic oxidation sites excluding steroid dienone is 1. The van der Waals surface area contributed by atoms with Crippen LogP contribution < -0.4 is 0 Å². The summed E-state index contributed by atoms with van der Waals surface area (Å²) in [5.41, 5.74) is 7.36. The highest BCUT2D eigenvalue weighted by Crippen LogP contribution is 2.56. The first-order valence-electron chi connectivity index (χ1n) is 7.45. The second-order valence-electron chi connectivity index (χ2n) is 6.12. The second kappa shape index (κ2) is 5.28. The molecule has 2 aromatic carbocycles. The minimum Gasteiger partial charge on any atom is -0.0690 e. The van der Waals surface area contributed by atoms with E-state index in [0.717, 1.165) is 11.8 Å². The van der Waals surface area contributed by atoms with E-state index in [1.807, 2.05) is 18.2 Å². The van der Waals surface area contributed by atoms with Gasteiger partial charge in [-0.1, -0.05) is 71.3 Å². The Morgan fingerprint density at radius 3 is 2.20 bits per heavy atom. The van der Waals surface area contributed by atoms with E-state index in [2.05, 4.69) is 57.2 Å². The molecular weight excluding hydrogens is 240 g/mol. The molecule has 0 nitrogen and oxygen atoms in total. The van der Waals surface area contributed by atoms with Crippen molar-refractivity contribution in [2.45, 2.75) is 33.1 Å². The predicted molar refractivity (Wildman–Crippen MR) is 86.9 cm³/mol. The predicted octanol–water partition coefficient (Wildman–Crippen LogP) is 5.51. The van der Waals surface area contributed by atoms with Crippen molar-refractivity contribution in [3.05, 3.63) is 76.4 Å². The van der Waals surface area contributed by atoms with Crippen molar-refractivity contribution in [2.24, 2.45) is 5.92 Å². The Morgan fingerprint density at radius 1 is 0.800 bits per heavy atom. The Bertz CT molecular complexity index is 634. The lowest BCUT2D eigenvalue weighted by molar-refractivity contribution is 0.926. The zero-order valence-corrected chi connectivity index (χ0v) is 12.6. The SMILES string of the molecule is CC1=Cc2ccc(C)cc2C2CC12.Cc1ccccc1. The third-order valence-corrected chi connectivity index (χ3v) is 4.34. The van der Waals surface area contributed by atoms with Crippen molar-refractivity contribution >= 4 is 6.08 Å². The van der Waals surface area contributed by atoms with Gasteiger partial charge in [0.2, 0.25) is 0 Å². The van der Waals surface area contributed by atoms with Crippen LogP contribution in [0.2, 0.25) is 0 Å². The Labute approximate surface area is 122 Å². The molecule has 0 bridgehead atoms. The van der Waals surface area contributed by atoms with Gasteiger partial charge in [0.15, 0.2) is 0 Å². The van der Waals surface area contributed by atoms with Crippen LogP contribution in [0, 0.1) is 19.8 Å². The van der Waals surface area contributed by atoms with Gasteiger partial charge in [0.25, 0.3) is 0 Å². The average Bonchev–Trinajstić information content (AvgIpc) is 3.23. The average molecular weight is 262 g/mol. The minimum atomic E-state index is 0.861. The van der Waals surface area contributed by atoms with E-state index in [0.29, 0.717) is 0 Å². The minimum absolute atomic E-state index is 0.861. The van der Waals surface area contributed by atoms with Crippen LogP contribution in [0.3, 0.4) is 0 Å². The second-order valence-corrected chi connectivity index (χ2v) is 6.12. The number of hydrogen-bond donors (Lipinski definition) is 0. The summed E-state index contributed by atoms with van der Waals surface area (Å²) in [6, 6.07) is 17.1. The summed E-state index contributed by atoms with van der Waals surface area (Å²) in [5.74, 6) is 1.74. The van der Waals surface area contributed by atoms with E-state index in [-0.39, 0.29) is 0 Å². The normalized spacial score (nSPS) is 21.9. The zero-order chi connectivity index (χ0) is 14.1. The number of fused-ring (bicyclic) bond motifs is 3. The smallest absolute Gasteiger partial charge is 0.00842 e. The molecule has 0 N–H and O–H groups in total. The molecule has 2 unspecified atom stereocenters. The zero-order valence-electron chi connectivity index (χ0n) is 12.6. The molecule has 102 valence electrons. The summed E-state index contributed by atoms with van der Waals surface area (Å²) >= 11 is 0. The molecular formula is C20H22. The lowest BCUT2D eigenvalue weighted by Gasteiger charge is -2.13. The first kappa shape index (κ1) is 13.2. The Balaban J connectivity index is 0.000000147. The maximum absolute atomic E-state index is 2.36. The highest BCUT2D eigenvalue weighted by atomic mass is 14.5. The van der Waals surface area contributed by atoms with Gasteiger partial charge in [0, 0.05) is 0 Å². The lowest BCUT2D eigenvalue weighted by atomic mass is 9.92. The molecule has 4 rings (SSSR count). The number of aryl methyl sites for hydroxylation is 2. The fourth-order valence-corrected chi connectivity index (χ4v) is 3.08. The molecule has 20 heavy (non-hydrogen) atoms. The van der Waals surface area contributed by atoms with E-state index in [4.69, 9.17) is 0 Å². The Kier molecular flexibility index (Phi) is 3.48. The van der Waals surface area contributed by atoms with Gasteiger partial charge in [0.05, 0.1) is 0 Å². The molecule has 0 aromatic heterocycles. The van der Waals surface area contributed by atoms with Gasteiger partial charge in [-0.15, -0.1) is 0 Å². The summed E-state index contributed by atoms with van der Waals surface area (Å²) < 4.78 is 0. The number of rotatable bonds is 0. The van der Waals surface area contributed by atoms with Crippen LogP contribution in [-0.2, 0) is 0 Å². The van der Waals surface area contributed by atoms with Crippen molar-refractivity contribution in [2.75, 3.05) is 0 Å². The van der Waals surface area contributed by atoms with E-state index in [9.17, 15) is 0 Å². The highest BCUT2D eigenvalue weighted by Gasteiger charge is 2.42. The van der Waals surface area contributed by atoms with Crippen molar-refractivity contribution in [3.63, 3.8) is 0 Å². The van der Waals surface area contributed by atoms with Crippen molar-refractivity contribution in [1.82, 2.24) is 0 Å². The quantitative estimate of drug-likeness (QED) is 0.587. The van der Waals surface area contributed by atoms with Gasteiger partial charge in [0.1, 0.15) is 0 Å². The van der Waals surface area contributed by atoms with E-state index in [1.54, 1.807) is 11.1 Å². The maximum Gasteiger partial charge on any atom is -0.00842 e. The van der Waals surface area contributed by atoms with Gasteiger partial charge in [-0.25, -0.2) is 0 Å². The number of hydrogen-bond acceptors (Lipinski definition) is 0. The molecule has 0 amide bonds. The van der Waals surface area contributed by atoms with Crippen LogP contribution in [0.15, 0.2) is 54.1 Å². The maximum atomic E-state index is 2.36.